The Hall–Kier alpha value is -2.15. The lowest BCUT2D eigenvalue weighted by atomic mass is 10.2. The molecule has 1 N–H and O–H groups in total. The summed E-state index contributed by atoms with van der Waals surface area (Å²) in [6, 6.07) is 5.09. The monoisotopic (exact) mass is 392 g/mol. The first-order valence-electron chi connectivity index (χ1n) is 7.32. The van der Waals surface area contributed by atoms with Crippen LogP contribution >= 0.6 is 34.5 Å². The van der Waals surface area contributed by atoms with E-state index in [0.717, 1.165) is 22.0 Å². The van der Waals surface area contributed by atoms with Crippen LogP contribution in [0.2, 0.25) is 10.0 Å². The van der Waals surface area contributed by atoms with Gasteiger partial charge in [-0.25, -0.2) is 9.97 Å². The fourth-order valence-electron chi connectivity index (χ4n) is 2.23. The Labute approximate surface area is 158 Å². The Balaban J connectivity index is 1.73. The summed E-state index contributed by atoms with van der Waals surface area (Å²) in [5, 5.41) is 4.32. The number of imidazole rings is 1. The molecule has 0 fully saturated rings. The molecule has 0 saturated heterocycles. The van der Waals surface area contributed by atoms with E-state index in [9.17, 15) is 4.79 Å². The highest BCUT2D eigenvalue weighted by Gasteiger charge is 2.14. The molecule has 25 heavy (non-hydrogen) atoms. The molecule has 0 aliphatic carbocycles. The number of benzene rings is 1. The van der Waals surface area contributed by atoms with Gasteiger partial charge in [0, 0.05) is 35.6 Å². The smallest absolute Gasteiger partial charge is 0.250 e. The van der Waals surface area contributed by atoms with Crippen LogP contribution in [0.15, 0.2) is 36.7 Å². The number of thiazole rings is 1. The van der Waals surface area contributed by atoms with Gasteiger partial charge in [0.1, 0.15) is 0 Å². The maximum absolute atomic E-state index is 12.1. The molecule has 0 aliphatic rings. The summed E-state index contributed by atoms with van der Waals surface area (Å²) in [6.45, 7) is 1.89. The second-order valence-electron chi connectivity index (χ2n) is 5.32. The Morgan fingerprint density at radius 2 is 2.00 bits per heavy atom. The van der Waals surface area contributed by atoms with E-state index in [1.165, 1.54) is 17.4 Å². The second-order valence-corrected chi connectivity index (χ2v) is 7.19. The standard InChI is InChI=1S/C17H14Cl2N4OS/c1-10-15(16-20-5-6-23(16)2)25-17(21-10)22-14(24)4-3-11-7-12(18)9-13(19)8-11/h3-9H,1-2H3,(H,21,22,24)/b4-3+. The van der Waals surface area contributed by atoms with Gasteiger partial charge in [-0.15, -0.1) is 0 Å². The van der Waals surface area contributed by atoms with Crippen LogP contribution in [0.5, 0.6) is 0 Å². The third-order valence-corrected chi connectivity index (χ3v) is 4.87. The van der Waals surface area contributed by atoms with Crippen molar-refractivity contribution in [1.29, 1.82) is 0 Å². The van der Waals surface area contributed by atoms with E-state index in [0.29, 0.717) is 15.2 Å². The molecule has 0 aliphatic heterocycles. The lowest BCUT2D eigenvalue weighted by Gasteiger charge is -1.98. The van der Waals surface area contributed by atoms with Crippen molar-refractivity contribution in [2.24, 2.45) is 7.05 Å². The lowest BCUT2D eigenvalue weighted by Crippen LogP contribution is -2.07. The zero-order chi connectivity index (χ0) is 18.0. The van der Waals surface area contributed by atoms with Crippen molar-refractivity contribution in [3.05, 3.63) is 58.0 Å². The van der Waals surface area contributed by atoms with E-state index >= 15 is 0 Å². The van der Waals surface area contributed by atoms with E-state index in [-0.39, 0.29) is 5.91 Å². The molecule has 1 aromatic carbocycles. The molecule has 0 atom stereocenters. The fourth-order valence-corrected chi connectivity index (χ4v) is 3.78. The van der Waals surface area contributed by atoms with E-state index in [4.69, 9.17) is 23.2 Å². The first-order chi connectivity index (χ1) is 11.9. The van der Waals surface area contributed by atoms with Gasteiger partial charge in [-0.2, -0.15) is 0 Å². The Morgan fingerprint density at radius 3 is 2.64 bits per heavy atom. The average molecular weight is 393 g/mol. The minimum atomic E-state index is -0.281. The minimum absolute atomic E-state index is 0.281. The highest BCUT2D eigenvalue weighted by atomic mass is 35.5. The van der Waals surface area contributed by atoms with Gasteiger partial charge in [0.05, 0.1) is 10.6 Å². The van der Waals surface area contributed by atoms with Crippen LogP contribution in [0.3, 0.4) is 0 Å². The number of rotatable bonds is 4. The zero-order valence-electron chi connectivity index (χ0n) is 13.5. The molecule has 8 heteroatoms. The van der Waals surface area contributed by atoms with Crippen LogP contribution in [-0.4, -0.2) is 20.4 Å². The van der Waals surface area contributed by atoms with Crippen LogP contribution in [0.4, 0.5) is 5.13 Å². The van der Waals surface area contributed by atoms with Crippen molar-refractivity contribution in [1.82, 2.24) is 14.5 Å². The number of anilines is 1. The average Bonchev–Trinajstić information content (AvgIpc) is 3.09. The topological polar surface area (TPSA) is 59.8 Å². The molecule has 3 rings (SSSR count). The molecule has 0 unspecified atom stereocenters. The summed E-state index contributed by atoms with van der Waals surface area (Å²) in [5.74, 6) is 0.538. The number of nitrogens with zero attached hydrogens (tertiary/aromatic N) is 3. The van der Waals surface area contributed by atoms with E-state index in [1.807, 2.05) is 24.7 Å². The second kappa shape index (κ2) is 7.39. The number of nitrogens with one attached hydrogen (secondary N) is 1. The molecule has 0 spiro atoms. The number of carbonyl (C=O) groups is 1. The van der Waals surface area contributed by atoms with Crippen molar-refractivity contribution in [3.8, 4) is 10.7 Å². The fraction of sp³-hybridized carbons (Fsp3) is 0.118. The van der Waals surface area contributed by atoms with Gasteiger partial charge in [0.15, 0.2) is 11.0 Å². The SMILES string of the molecule is Cc1nc(NC(=O)/C=C/c2cc(Cl)cc(Cl)c2)sc1-c1nccn1C. The molecular weight excluding hydrogens is 379 g/mol. The van der Waals surface area contributed by atoms with Crippen LogP contribution in [0, 0.1) is 6.92 Å². The molecule has 5 nitrogen and oxygen atoms in total. The molecule has 128 valence electrons. The van der Waals surface area contributed by atoms with Crippen LogP contribution in [-0.2, 0) is 11.8 Å². The van der Waals surface area contributed by atoms with Gasteiger partial charge in [0.25, 0.3) is 0 Å². The summed E-state index contributed by atoms with van der Waals surface area (Å²) in [7, 11) is 1.92. The number of carbonyl (C=O) groups excluding carboxylic acids is 1. The van der Waals surface area contributed by atoms with E-state index < -0.39 is 0 Å². The minimum Gasteiger partial charge on any atom is -0.333 e. The van der Waals surface area contributed by atoms with Crippen LogP contribution in [0.1, 0.15) is 11.3 Å². The van der Waals surface area contributed by atoms with Gasteiger partial charge in [-0.3, -0.25) is 10.1 Å². The summed E-state index contributed by atoms with van der Waals surface area (Å²) < 4.78 is 1.91. The summed E-state index contributed by atoms with van der Waals surface area (Å²) in [6.07, 6.45) is 6.66. The van der Waals surface area contributed by atoms with Crippen molar-refractivity contribution in [2.45, 2.75) is 6.92 Å². The quantitative estimate of drug-likeness (QED) is 0.647. The van der Waals surface area contributed by atoms with Crippen molar-refractivity contribution in [3.63, 3.8) is 0 Å². The number of halogens is 2. The Morgan fingerprint density at radius 1 is 1.28 bits per heavy atom. The van der Waals surface area contributed by atoms with Gasteiger partial charge < -0.3 is 4.57 Å². The van der Waals surface area contributed by atoms with Gasteiger partial charge in [0.2, 0.25) is 5.91 Å². The third-order valence-electron chi connectivity index (χ3n) is 3.36. The number of aryl methyl sites for hydroxylation is 2. The highest BCUT2D eigenvalue weighted by Crippen LogP contribution is 2.31. The molecule has 0 radical (unpaired) electrons. The molecule has 3 aromatic rings. The number of aromatic nitrogens is 3. The molecule has 2 aromatic heterocycles. The number of amides is 1. The Bertz CT molecular complexity index is 941. The maximum atomic E-state index is 12.1. The maximum Gasteiger partial charge on any atom is 0.250 e. The van der Waals surface area contributed by atoms with E-state index in [1.54, 1.807) is 30.5 Å². The molecule has 2 heterocycles. The third kappa shape index (κ3) is 4.28. The molecule has 0 bridgehead atoms. The van der Waals surface area contributed by atoms with E-state index in [2.05, 4.69) is 15.3 Å². The van der Waals surface area contributed by atoms with Gasteiger partial charge in [-0.1, -0.05) is 34.5 Å². The number of hydrogen-bond acceptors (Lipinski definition) is 4. The highest BCUT2D eigenvalue weighted by molar-refractivity contribution is 7.19. The normalized spacial score (nSPS) is 11.2. The first-order valence-corrected chi connectivity index (χ1v) is 8.90. The van der Waals surface area contributed by atoms with Crippen molar-refractivity contribution >= 4 is 51.7 Å². The van der Waals surface area contributed by atoms with Crippen molar-refractivity contribution < 1.29 is 4.79 Å². The van der Waals surface area contributed by atoms with Crippen LogP contribution in [0.25, 0.3) is 16.8 Å². The Kier molecular flexibility index (Phi) is 5.22. The summed E-state index contributed by atoms with van der Waals surface area (Å²) >= 11 is 13.3. The molecule has 0 saturated carbocycles. The predicted molar refractivity (Wildman–Crippen MR) is 103 cm³/mol. The zero-order valence-corrected chi connectivity index (χ0v) is 15.8. The summed E-state index contributed by atoms with van der Waals surface area (Å²) in [5.41, 5.74) is 1.57. The van der Waals surface area contributed by atoms with Gasteiger partial charge in [-0.05, 0) is 36.8 Å². The number of hydrogen-bond donors (Lipinski definition) is 1. The summed E-state index contributed by atoms with van der Waals surface area (Å²) in [4.78, 5) is 21.7. The molecular formula is C17H14Cl2N4OS. The lowest BCUT2D eigenvalue weighted by molar-refractivity contribution is -0.111. The van der Waals surface area contributed by atoms with Crippen LogP contribution < -0.4 is 5.32 Å². The predicted octanol–water partition coefficient (Wildman–Crippen LogP) is 4.81. The largest absolute Gasteiger partial charge is 0.333 e. The first kappa shape index (κ1) is 17.7. The van der Waals surface area contributed by atoms with Crippen molar-refractivity contribution in [2.75, 3.05) is 5.32 Å². The van der Waals surface area contributed by atoms with Gasteiger partial charge >= 0.3 is 0 Å². The molecule has 1 amide bonds.